The van der Waals surface area contributed by atoms with Crippen molar-refractivity contribution in [3.05, 3.63) is 29.3 Å². The number of benzene rings is 1. The summed E-state index contributed by atoms with van der Waals surface area (Å²) < 4.78 is 0. The fourth-order valence-corrected chi connectivity index (χ4v) is 3.43. The number of carbonyl (C=O) groups is 4. The van der Waals surface area contributed by atoms with Gasteiger partial charge in [-0.05, 0) is 24.6 Å². The molecule has 8 nitrogen and oxygen atoms in total. The Morgan fingerprint density at radius 2 is 1.80 bits per heavy atom. The van der Waals surface area contributed by atoms with Crippen LogP contribution in [0.3, 0.4) is 0 Å². The predicted molar refractivity (Wildman–Crippen MR) is 84.4 cm³/mol. The SMILES string of the molecule is N#CC1CN(c2ccc3c(c2)C(=O)N(C2CCC(=O)NC2=O)C3=O)C1. The molecule has 1 unspecified atom stereocenters. The lowest BCUT2D eigenvalue weighted by Crippen LogP contribution is -2.54. The number of fused-ring (bicyclic) bond motifs is 1. The zero-order chi connectivity index (χ0) is 17.7. The first kappa shape index (κ1) is 15.3. The number of anilines is 1. The van der Waals surface area contributed by atoms with E-state index in [9.17, 15) is 19.2 Å². The maximum absolute atomic E-state index is 12.7. The van der Waals surface area contributed by atoms with Crippen molar-refractivity contribution in [1.82, 2.24) is 10.2 Å². The Bertz CT molecular complexity index is 866. The van der Waals surface area contributed by atoms with Gasteiger partial charge in [0.2, 0.25) is 11.8 Å². The minimum Gasteiger partial charge on any atom is -0.369 e. The molecule has 4 rings (SSSR count). The van der Waals surface area contributed by atoms with Crippen molar-refractivity contribution < 1.29 is 19.2 Å². The lowest BCUT2D eigenvalue weighted by Gasteiger charge is -2.37. The van der Waals surface area contributed by atoms with Crippen LogP contribution in [0.1, 0.15) is 33.6 Å². The van der Waals surface area contributed by atoms with E-state index in [1.807, 2.05) is 4.90 Å². The highest BCUT2D eigenvalue weighted by molar-refractivity contribution is 6.23. The maximum Gasteiger partial charge on any atom is 0.262 e. The van der Waals surface area contributed by atoms with Gasteiger partial charge in [0.15, 0.2) is 0 Å². The van der Waals surface area contributed by atoms with E-state index in [-0.39, 0.29) is 29.9 Å². The van der Waals surface area contributed by atoms with Gasteiger partial charge in [-0.25, -0.2) is 0 Å². The normalized spacial score (nSPS) is 23.2. The van der Waals surface area contributed by atoms with Gasteiger partial charge in [0, 0.05) is 25.2 Å². The first-order chi connectivity index (χ1) is 12.0. The van der Waals surface area contributed by atoms with Gasteiger partial charge in [0.25, 0.3) is 11.8 Å². The molecule has 1 aromatic carbocycles. The highest BCUT2D eigenvalue weighted by Gasteiger charge is 2.45. The molecule has 0 aromatic heterocycles. The molecule has 2 saturated heterocycles. The van der Waals surface area contributed by atoms with Gasteiger partial charge in [-0.1, -0.05) is 0 Å². The van der Waals surface area contributed by atoms with Crippen molar-refractivity contribution in [3.8, 4) is 6.07 Å². The Kier molecular flexibility index (Phi) is 3.32. The Labute approximate surface area is 143 Å². The maximum atomic E-state index is 12.7. The van der Waals surface area contributed by atoms with Crippen LogP contribution in [-0.4, -0.2) is 47.7 Å². The number of rotatable bonds is 2. The minimum atomic E-state index is -0.958. The summed E-state index contributed by atoms with van der Waals surface area (Å²) in [6, 6.07) is 6.18. The van der Waals surface area contributed by atoms with Crippen LogP contribution < -0.4 is 10.2 Å². The molecule has 4 amide bonds. The quantitative estimate of drug-likeness (QED) is 0.763. The number of nitriles is 1. The van der Waals surface area contributed by atoms with Crippen LogP contribution in [-0.2, 0) is 9.59 Å². The van der Waals surface area contributed by atoms with Crippen molar-refractivity contribution in [2.45, 2.75) is 18.9 Å². The Morgan fingerprint density at radius 3 is 2.48 bits per heavy atom. The van der Waals surface area contributed by atoms with Gasteiger partial charge < -0.3 is 4.90 Å². The van der Waals surface area contributed by atoms with E-state index in [1.54, 1.807) is 18.2 Å². The molecule has 0 aliphatic carbocycles. The number of amides is 4. The van der Waals surface area contributed by atoms with Gasteiger partial charge in [-0.3, -0.25) is 29.4 Å². The van der Waals surface area contributed by atoms with Crippen LogP contribution in [0.15, 0.2) is 18.2 Å². The molecule has 3 aliphatic heterocycles. The van der Waals surface area contributed by atoms with E-state index < -0.39 is 29.7 Å². The van der Waals surface area contributed by atoms with E-state index in [4.69, 9.17) is 5.26 Å². The third kappa shape index (κ3) is 2.28. The average Bonchev–Trinajstić information content (AvgIpc) is 2.78. The minimum absolute atomic E-state index is 0.0226. The van der Waals surface area contributed by atoms with Crippen LogP contribution in [0.4, 0.5) is 5.69 Å². The lowest BCUT2D eigenvalue weighted by atomic mass is 9.99. The first-order valence-electron chi connectivity index (χ1n) is 8.00. The molecule has 126 valence electrons. The van der Waals surface area contributed by atoms with Crippen LogP contribution >= 0.6 is 0 Å². The Morgan fingerprint density at radius 1 is 1.08 bits per heavy atom. The summed E-state index contributed by atoms with van der Waals surface area (Å²) in [6.07, 6.45) is 0.233. The molecule has 0 spiro atoms. The number of nitrogens with zero attached hydrogens (tertiary/aromatic N) is 3. The molecule has 0 bridgehead atoms. The van der Waals surface area contributed by atoms with Gasteiger partial charge in [-0.15, -0.1) is 0 Å². The van der Waals surface area contributed by atoms with Gasteiger partial charge >= 0.3 is 0 Å². The second-order valence-corrected chi connectivity index (χ2v) is 6.41. The Hall–Kier alpha value is -3.21. The number of carbonyl (C=O) groups excluding carboxylic acids is 4. The largest absolute Gasteiger partial charge is 0.369 e. The summed E-state index contributed by atoms with van der Waals surface area (Å²) in [7, 11) is 0. The number of piperidine rings is 1. The molecular formula is C17H14N4O4. The number of hydrogen-bond acceptors (Lipinski definition) is 6. The van der Waals surface area contributed by atoms with Crippen LogP contribution in [0, 0.1) is 17.2 Å². The summed E-state index contributed by atoms with van der Waals surface area (Å²) in [5.74, 6) is -2.07. The van der Waals surface area contributed by atoms with Crippen LogP contribution in [0.5, 0.6) is 0 Å². The molecule has 0 saturated carbocycles. The van der Waals surface area contributed by atoms with Crippen molar-refractivity contribution in [3.63, 3.8) is 0 Å². The van der Waals surface area contributed by atoms with E-state index >= 15 is 0 Å². The highest BCUT2D eigenvalue weighted by Crippen LogP contribution is 2.32. The second kappa shape index (κ2) is 5.41. The summed E-state index contributed by atoms with van der Waals surface area (Å²) in [5.41, 5.74) is 1.29. The molecule has 25 heavy (non-hydrogen) atoms. The summed E-state index contributed by atoms with van der Waals surface area (Å²) in [6.45, 7) is 1.18. The topological polar surface area (TPSA) is 111 Å². The standard InChI is InChI=1S/C17H14N4O4/c18-6-9-7-20(8-9)10-1-2-11-12(5-10)17(25)21(16(11)24)13-3-4-14(22)19-15(13)23/h1-2,5,9,13H,3-4,7-8H2,(H,19,22,23). The van der Waals surface area contributed by atoms with E-state index in [2.05, 4.69) is 11.4 Å². The van der Waals surface area contributed by atoms with Crippen LogP contribution in [0.25, 0.3) is 0 Å². The molecular weight excluding hydrogens is 324 g/mol. The predicted octanol–water partition coefficient (Wildman–Crippen LogP) is 0.0476. The van der Waals surface area contributed by atoms with Gasteiger partial charge in [-0.2, -0.15) is 5.26 Å². The Balaban J connectivity index is 1.61. The number of hydrogen-bond donors (Lipinski definition) is 1. The molecule has 3 aliphatic rings. The zero-order valence-corrected chi connectivity index (χ0v) is 13.2. The van der Waals surface area contributed by atoms with E-state index in [0.717, 1.165) is 10.6 Å². The molecule has 3 heterocycles. The average molecular weight is 338 g/mol. The van der Waals surface area contributed by atoms with E-state index in [0.29, 0.717) is 13.1 Å². The highest BCUT2D eigenvalue weighted by atomic mass is 16.2. The summed E-state index contributed by atoms with van der Waals surface area (Å²) in [4.78, 5) is 51.5. The van der Waals surface area contributed by atoms with Gasteiger partial charge in [0.05, 0.1) is 23.1 Å². The van der Waals surface area contributed by atoms with Crippen molar-refractivity contribution in [2.75, 3.05) is 18.0 Å². The van der Waals surface area contributed by atoms with Crippen molar-refractivity contribution >= 4 is 29.3 Å². The summed E-state index contributed by atoms with van der Waals surface area (Å²) >= 11 is 0. The monoisotopic (exact) mass is 338 g/mol. The second-order valence-electron chi connectivity index (χ2n) is 6.41. The zero-order valence-electron chi connectivity index (χ0n) is 13.2. The third-order valence-corrected chi connectivity index (χ3v) is 4.85. The van der Waals surface area contributed by atoms with E-state index in [1.165, 1.54) is 0 Å². The van der Waals surface area contributed by atoms with Crippen molar-refractivity contribution in [1.29, 1.82) is 5.26 Å². The van der Waals surface area contributed by atoms with Crippen LogP contribution in [0.2, 0.25) is 0 Å². The molecule has 2 fully saturated rings. The molecule has 1 atom stereocenters. The fourth-order valence-electron chi connectivity index (χ4n) is 3.43. The van der Waals surface area contributed by atoms with Crippen molar-refractivity contribution in [2.24, 2.45) is 5.92 Å². The lowest BCUT2D eigenvalue weighted by molar-refractivity contribution is -0.136. The molecule has 1 aromatic rings. The summed E-state index contributed by atoms with van der Waals surface area (Å²) in [5, 5.41) is 11.0. The molecule has 1 N–H and O–H groups in total. The first-order valence-corrected chi connectivity index (χ1v) is 8.00. The molecule has 8 heteroatoms. The fraction of sp³-hybridized carbons (Fsp3) is 0.353. The number of nitrogens with one attached hydrogen (secondary N) is 1. The smallest absolute Gasteiger partial charge is 0.262 e. The number of imide groups is 2. The molecule has 0 radical (unpaired) electrons. The third-order valence-electron chi connectivity index (χ3n) is 4.85. The van der Waals surface area contributed by atoms with Gasteiger partial charge in [0.1, 0.15) is 6.04 Å².